The van der Waals surface area contributed by atoms with Gasteiger partial charge in [0, 0.05) is 25.3 Å². The second-order valence-corrected chi connectivity index (χ2v) is 10.4. The van der Waals surface area contributed by atoms with Crippen molar-refractivity contribution in [2.45, 2.75) is 10.3 Å². The number of nitrogens with one attached hydrogen (secondary N) is 3. The summed E-state index contributed by atoms with van der Waals surface area (Å²) in [6.45, 7) is 4.73. The summed E-state index contributed by atoms with van der Waals surface area (Å²) in [6, 6.07) is 12.0. The molecule has 0 saturated carbocycles. The lowest BCUT2D eigenvalue weighted by Crippen LogP contribution is -3.27. The number of hydrogen-bond donors (Lipinski definition) is 3. The second-order valence-electron chi connectivity index (χ2n) is 7.44. The number of sulfonamides is 1. The van der Waals surface area contributed by atoms with Crippen LogP contribution >= 0.6 is 11.3 Å². The Morgan fingerprint density at radius 1 is 1.11 bits per heavy atom. The molecule has 8 heteroatoms. The van der Waals surface area contributed by atoms with E-state index in [2.05, 4.69) is 40.9 Å². The molecule has 1 aromatic carbocycles. The highest BCUT2D eigenvalue weighted by Crippen LogP contribution is 2.18. The summed E-state index contributed by atoms with van der Waals surface area (Å²) in [5.74, 6) is 0. The maximum absolute atomic E-state index is 12.6. The van der Waals surface area contributed by atoms with Gasteiger partial charge in [0.15, 0.2) is 0 Å². The Labute approximate surface area is 166 Å². The Morgan fingerprint density at radius 2 is 1.78 bits per heavy atom. The Balaban J connectivity index is 1.79. The number of piperazine rings is 1. The van der Waals surface area contributed by atoms with Gasteiger partial charge in [0.05, 0.1) is 13.6 Å². The van der Waals surface area contributed by atoms with Crippen molar-refractivity contribution in [3.63, 3.8) is 0 Å². The minimum atomic E-state index is -3.45. The third-order valence-electron chi connectivity index (χ3n) is 5.29. The Bertz CT molecular complexity index is 812. The van der Waals surface area contributed by atoms with Gasteiger partial charge in [-0.25, -0.2) is 13.1 Å². The zero-order valence-corrected chi connectivity index (χ0v) is 17.9. The van der Waals surface area contributed by atoms with Crippen molar-refractivity contribution in [2.24, 2.45) is 0 Å². The minimum Gasteiger partial charge on any atom is -0.378 e. The summed E-state index contributed by atoms with van der Waals surface area (Å²) in [5, 5.41) is 1.79. The molecule has 2 aromatic rings. The molecule has 1 saturated heterocycles. The highest BCUT2D eigenvalue weighted by atomic mass is 32.2. The molecular weight excluding hydrogens is 380 g/mol. The van der Waals surface area contributed by atoms with Crippen molar-refractivity contribution < 1.29 is 18.2 Å². The molecule has 0 unspecified atom stereocenters. The first-order chi connectivity index (χ1) is 12.9. The van der Waals surface area contributed by atoms with Crippen LogP contribution in [0.15, 0.2) is 46.0 Å². The molecule has 0 bridgehead atoms. The fraction of sp³-hybridized carbons (Fsp3) is 0.474. The molecule has 1 aliphatic heterocycles. The number of rotatable bonds is 7. The number of hydrogen-bond acceptors (Lipinski definition) is 4. The number of anilines is 1. The predicted molar refractivity (Wildman–Crippen MR) is 110 cm³/mol. The van der Waals surface area contributed by atoms with Crippen molar-refractivity contribution >= 4 is 27.0 Å². The van der Waals surface area contributed by atoms with Crippen LogP contribution < -0.4 is 19.4 Å². The molecule has 27 heavy (non-hydrogen) atoms. The third-order valence-corrected chi connectivity index (χ3v) is 8.11. The fourth-order valence-electron chi connectivity index (χ4n) is 3.53. The van der Waals surface area contributed by atoms with Gasteiger partial charge in [0.25, 0.3) is 0 Å². The van der Waals surface area contributed by atoms with E-state index in [1.807, 2.05) is 14.1 Å². The van der Waals surface area contributed by atoms with E-state index in [1.165, 1.54) is 21.8 Å². The first-order valence-corrected chi connectivity index (χ1v) is 11.7. The number of quaternary nitrogens is 2. The lowest BCUT2D eigenvalue weighted by Gasteiger charge is -2.33. The molecule has 6 nitrogen and oxygen atoms in total. The van der Waals surface area contributed by atoms with Crippen LogP contribution in [-0.2, 0) is 10.0 Å². The van der Waals surface area contributed by atoms with Crippen LogP contribution in [0.25, 0.3) is 0 Å². The van der Waals surface area contributed by atoms with Gasteiger partial charge in [-0.15, -0.1) is 11.3 Å². The van der Waals surface area contributed by atoms with Crippen LogP contribution in [-0.4, -0.2) is 62.3 Å². The molecule has 148 valence electrons. The van der Waals surface area contributed by atoms with Crippen LogP contribution in [0.4, 0.5) is 5.69 Å². The van der Waals surface area contributed by atoms with Gasteiger partial charge in [0.2, 0.25) is 10.0 Å². The van der Waals surface area contributed by atoms with Gasteiger partial charge in [0.1, 0.15) is 36.4 Å². The summed E-state index contributed by atoms with van der Waals surface area (Å²) in [6.07, 6.45) is 0. The summed E-state index contributed by atoms with van der Waals surface area (Å²) in [4.78, 5) is 5.07. The van der Waals surface area contributed by atoms with Crippen molar-refractivity contribution in [1.82, 2.24) is 4.72 Å². The molecule has 0 amide bonds. The third kappa shape index (κ3) is 5.08. The van der Waals surface area contributed by atoms with E-state index in [-0.39, 0.29) is 6.04 Å². The molecule has 0 spiro atoms. The first-order valence-electron chi connectivity index (χ1n) is 9.33. The number of benzene rings is 1. The monoisotopic (exact) mass is 410 g/mol. The molecule has 1 atom stereocenters. The van der Waals surface area contributed by atoms with E-state index in [0.717, 1.165) is 31.9 Å². The molecule has 1 fully saturated rings. The van der Waals surface area contributed by atoms with Crippen LogP contribution in [0, 0.1) is 0 Å². The van der Waals surface area contributed by atoms with Crippen molar-refractivity contribution in [3.05, 3.63) is 47.3 Å². The lowest BCUT2D eigenvalue weighted by molar-refractivity contribution is -1.02. The topological polar surface area (TPSA) is 58.3 Å². The molecule has 3 rings (SSSR count). The smallest absolute Gasteiger partial charge is 0.250 e. The van der Waals surface area contributed by atoms with Gasteiger partial charge in [-0.05, 0) is 23.6 Å². The zero-order chi connectivity index (χ0) is 19.4. The molecule has 1 aromatic heterocycles. The van der Waals surface area contributed by atoms with Gasteiger partial charge < -0.3 is 14.7 Å². The summed E-state index contributed by atoms with van der Waals surface area (Å²) in [5.41, 5.74) is 2.33. The average Bonchev–Trinajstić information content (AvgIpc) is 3.19. The minimum absolute atomic E-state index is 0.115. The highest BCUT2D eigenvalue weighted by molar-refractivity contribution is 7.91. The Morgan fingerprint density at radius 3 is 2.33 bits per heavy atom. The van der Waals surface area contributed by atoms with E-state index >= 15 is 0 Å². The highest BCUT2D eigenvalue weighted by Gasteiger charge is 2.30. The van der Waals surface area contributed by atoms with Crippen LogP contribution in [0.3, 0.4) is 0 Å². The standard InChI is InChI=1S/C19H28N4O2S2/c1-21(2)17-8-6-16(7-9-17)18(23-12-10-22(3)11-13-23)15-20-27(24,25)19-5-4-14-26-19/h4-9,14,18,20H,10-13,15H2,1-3H3/p+2/t18-/m1/s1. The largest absolute Gasteiger partial charge is 0.378 e. The van der Waals surface area contributed by atoms with Crippen molar-refractivity contribution in [2.75, 3.05) is 58.8 Å². The first kappa shape index (κ1) is 20.3. The van der Waals surface area contributed by atoms with Gasteiger partial charge in [-0.1, -0.05) is 18.2 Å². The van der Waals surface area contributed by atoms with Crippen LogP contribution in [0.1, 0.15) is 11.6 Å². The zero-order valence-electron chi connectivity index (χ0n) is 16.2. The normalized spacial score (nSPS) is 21.7. The summed E-state index contributed by atoms with van der Waals surface area (Å²) >= 11 is 1.25. The molecular formula is C19H30N4O2S2+2. The van der Waals surface area contributed by atoms with E-state index in [9.17, 15) is 8.42 Å². The van der Waals surface area contributed by atoms with Crippen LogP contribution in [0.2, 0.25) is 0 Å². The van der Waals surface area contributed by atoms with E-state index in [0.29, 0.717) is 10.8 Å². The molecule has 0 aliphatic carbocycles. The van der Waals surface area contributed by atoms with Gasteiger partial charge in [-0.3, -0.25) is 0 Å². The predicted octanol–water partition coefficient (Wildman–Crippen LogP) is -0.753. The summed E-state index contributed by atoms with van der Waals surface area (Å²) < 4.78 is 28.4. The molecule has 0 radical (unpaired) electrons. The molecule has 3 N–H and O–H groups in total. The van der Waals surface area contributed by atoms with E-state index in [1.54, 1.807) is 22.4 Å². The van der Waals surface area contributed by atoms with Gasteiger partial charge in [-0.2, -0.15) is 0 Å². The quantitative estimate of drug-likeness (QED) is 0.563. The fourth-order valence-corrected chi connectivity index (χ4v) is 5.61. The second kappa shape index (κ2) is 8.70. The Hall–Kier alpha value is -1.45. The van der Waals surface area contributed by atoms with E-state index in [4.69, 9.17) is 0 Å². The van der Waals surface area contributed by atoms with Gasteiger partial charge >= 0.3 is 0 Å². The van der Waals surface area contributed by atoms with Crippen molar-refractivity contribution in [1.29, 1.82) is 0 Å². The number of thiophene rings is 1. The SMILES string of the molecule is CN(C)c1ccc([C@@H](CNS(=O)(=O)c2cccs2)[NH+]2CC[NH+](C)CC2)cc1. The Kier molecular flexibility index (Phi) is 6.54. The lowest BCUT2D eigenvalue weighted by atomic mass is 10.0. The van der Waals surface area contributed by atoms with E-state index < -0.39 is 10.0 Å². The molecule has 2 heterocycles. The maximum Gasteiger partial charge on any atom is 0.250 e. The number of likely N-dealkylation sites (N-methyl/N-ethyl adjacent to an activating group) is 1. The van der Waals surface area contributed by atoms with Crippen LogP contribution in [0.5, 0.6) is 0 Å². The maximum atomic E-state index is 12.6. The summed E-state index contributed by atoms with van der Waals surface area (Å²) in [7, 11) is 2.82. The molecule has 1 aliphatic rings. The number of nitrogens with zero attached hydrogens (tertiary/aromatic N) is 1. The van der Waals surface area contributed by atoms with Crippen molar-refractivity contribution in [3.8, 4) is 0 Å². The average molecular weight is 411 g/mol.